The van der Waals surface area contributed by atoms with E-state index in [0.717, 1.165) is 19.4 Å². The van der Waals surface area contributed by atoms with Crippen molar-refractivity contribution in [2.24, 2.45) is 0 Å². The topological polar surface area (TPSA) is 50.4 Å². The smallest absolute Gasteiger partial charge is 0.237 e. The molecular weight excluding hydrogens is 264 g/mol. The molecular formula is C17H32N2O2. The minimum atomic E-state index is -0.173. The Morgan fingerprint density at radius 1 is 1.24 bits per heavy atom. The van der Waals surface area contributed by atoms with Crippen molar-refractivity contribution in [3.8, 4) is 0 Å². The number of hydrogen-bond acceptors (Lipinski definition) is 3. The summed E-state index contributed by atoms with van der Waals surface area (Å²) in [5, 5.41) is 6.57. The molecule has 2 atom stereocenters. The fraction of sp³-hybridized carbons (Fsp3) is 0.941. The third-order valence-corrected chi connectivity index (χ3v) is 4.63. The molecule has 1 saturated carbocycles. The molecule has 122 valence electrons. The van der Waals surface area contributed by atoms with Crippen molar-refractivity contribution in [3.05, 3.63) is 0 Å². The van der Waals surface area contributed by atoms with E-state index in [-0.39, 0.29) is 23.1 Å². The van der Waals surface area contributed by atoms with Gasteiger partial charge in [-0.25, -0.2) is 0 Å². The Hall–Kier alpha value is -0.610. The number of hydrogen-bond donors (Lipinski definition) is 2. The van der Waals surface area contributed by atoms with Crippen molar-refractivity contribution >= 4 is 5.91 Å². The van der Waals surface area contributed by atoms with Crippen LogP contribution in [0.15, 0.2) is 0 Å². The van der Waals surface area contributed by atoms with E-state index in [0.29, 0.717) is 6.04 Å². The van der Waals surface area contributed by atoms with Crippen LogP contribution in [0.5, 0.6) is 0 Å². The van der Waals surface area contributed by atoms with Gasteiger partial charge in [0.2, 0.25) is 5.91 Å². The van der Waals surface area contributed by atoms with Gasteiger partial charge in [0, 0.05) is 18.2 Å². The lowest BCUT2D eigenvalue weighted by Crippen LogP contribution is -2.55. The highest BCUT2D eigenvalue weighted by molar-refractivity contribution is 5.81. The second-order valence-corrected chi connectivity index (χ2v) is 7.91. The SMILES string of the molecule is CC(NC1CCOC2(CCCCC2)C1)C(=O)NC(C)(C)C. The lowest BCUT2D eigenvalue weighted by atomic mass is 9.78. The first kappa shape index (κ1) is 16.8. The Bertz CT molecular complexity index is 351. The van der Waals surface area contributed by atoms with Crippen LogP contribution >= 0.6 is 0 Å². The summed E-state index contributed by atoms with van der Waals surface area (Å²) in [5.74, 6) is 0.0895. The number of carbonyl (C=O) groups excluding carboxylic acids is 1. The van der Waals surface area contributed by atoms with E-state index in [1.54, 1.807) is 0 Å². The van der Waals surface area contributed by atoms with Crippen LogP contribution in [0.4, 0.5) is 0 Å². The summed E-state index contributed by atoms with van der Waals surface area (Å²) in [5.41, 5.74) is -0.0817. The summed E-state index contributed by atoms with van der Waals surface area (Å²) in [7, 11) is 0. The maximum Gasteiger partial charge on any atom is 0.237 e. The monoisotopic (exact) mass is 296 g/mol. The van der Waals surface area contributed by atoms with Gasteiger partial charge in [0.05, 0.1) is 11.6 Å². The number of rotatable bonds is 3. The minimum absolute atomic E-state index is 0.0895. The second-order valence-electron chi connectivity index (χ2n) is 7.91. The Kier molecular flexibility index (Phi) is 5.31. The van der Waals surface area contributed by atoms with E-state index in [4.69, 9.17) is 4.74 Å². The van der Waals surface area contributed by atoms with E-state index in [1.807, 2.05) is 27.7 Å². The molecule has 1 aliphatic carbocycles. The third-order valence-electron chi connectivity index (χ3n) is 4.63. The zero-order chi connectivity index (χ0) is 15.5. The van der Waals surface area contributed by atoms with Gasteiger partial charge < -0.3 is 15.4 Å². The molecule has 2 aliphatic rings. The molecule has 2 unspecified atom stereocenters. The lowest BCUT2D eigenvalue weighted by molar-refractivity contribution is -0.127. The number of ether oxygens (including phenoxy) is 1. The molecule has 0 aromatic heterocycles. The molecule has 0 radical (unpaired) electrons. The summed E-state index contributed by atoms with van der Waals surface area (Å²) in [6.45, 7) is 8.84. The quantitative estimate of drug-likeness (QED) is 0.842. The summed E-state index contributed by atoms with van der Waals surface area (Å²) in [6, 6.07) is 0.255. The van der Waals surface area contributed by atoms with Gasteiger partial charge in [-0.05, 0) is 53.4 Å². The molecule has 4 heteroatoms. The largest absolute Gasteiger partial charge is 0.375 e. The molecule has 0 bridgehead atoms. The van der Waals surface area contributed by atoms with Crippen molar-refractivity contribution < 1.29 is 9.53 Å². The number of carbonyl (C=O) groups is 1. The van der Waals surface area contributed by atoms with Crippen LogP contribution in [-0.4, -0.2) is 35.7 Å². The molecule has 1 saturated heterocycles. The van der Waals surface area contributed by atoms with E-state index >= 15 is 0 Å². The second kappa shape index (κ2) is 6.66. The third kappa shape index (κ3) is 4.96. The van der Waals surface area contributed by atoms with Gasteiger partial charge in [-0.15, -0.1) is 0 Å². The maximum atomic E-state index is 12.2. The fourth-order valence-electron chi connectivity index (χ4n) is 3.62. The van der Waals surface area contributed by atoms with Crippen LogP contribution in [-0.2, 0) is 9.53 Å². The summed E-state index contributed by atoms with van der Waals surface area (Å²) in [6.07, 6.45) is 8.35. The normalized spacial score (nSPS) is 27.3. The van der Waals surface area contributed by atoms with Crippen LogP contribution in [0.2, 0.25) is 0 Å². The van der Waals surface area contributed by atoms with Crippen molar-refractivity contribution in [2.45, 2.75) is 95.9 Å². The summed E-state index contributed by atoms with van der Waals surface area (Å²) < 4.78 is 6.12. The highest BCUT2D eigenvalue weighted by Gasteiger charge is 2.39. The standard InChI is InChI=1S/C17H32N2O2/c1-13(15(20)19-16(2,3)4)18-14-8-11-21-17(12-14)9-6-5-7-10-17/h13-14,18H,5-12H2,1-4H3,(H,19,20). The number of nitrogens with one attached hydrogen (secondary N) is 2. The molecule has 1 spiro atoms. The highest BCUT2D eigenvalue weighted by Crippen LogP contribution is 2.38. The fourth-order valence-corrected chi connectivity index (χ4v) is 3.62. The van der Waals surface area contributed by atoms with E-state index < -0.39 is 0 Å². The Morgan fingerprint density at radius 3 is 2.52 bits per heavy atom. The summed E-state index contributed by atoms with van der Waals surface area (Å²) >= 11 is 0. The molecule has 21 heavy (non-hydrogen) atoms. The Balaban J connectivity index is 1.85. The zero-order valence-electron chi connectivity index (χ0n) is 14.1. The van der Waals surface area contributed by atoms with E-state index in [2.05, 4.69) is 10.6 Å². The predicted octanol–water partition coefficient (Wildman–Crippen LogP) is 2.76. The predicted molar refractivity (Wildman–Crippen MR) is 85.3 cm³/mol. The van der Waals surface area contributed by atoms with Gasteiger partial charge in [-0.1, -0.05) is 19.3 Å². The molecule has 1 heterocycles. The zero-order valence-corrected chi connectivity index (χ0v) is 14.1. The van der Waals surface area contributed by atoms with Gasteiger partial charge in [0.1, 0.15) is 0 Å². The van der Waals surface area contributed by atoms with Gasteiger partial charge in [0.25, 0.3) is 0 Å². The molecule has 1 aliphatic heterocycles. The van der Waals surface area contributed by atoms with Gasteiger partial charge in [-0.2, -0.15) is 0 Å². The first-order chi connectivity index (χ1) is 9.80. The lowest BCUT2D eigenvalue weighted by Gasteiger charge is -2.44. The van der Waals surface area contributed by atoms with Gasteiger partial charge in [0.15, 0.2) is 0 Å². The van der Waals surface area contributed by atoms with Crippen LogP contribution in [0, 0.1) is 0 Å². The highest BCUT2D eigenvalue weighted by atomic mass is 16.5. The first-order valence-electron chi connectivity index (χ1n) is 8.52. The average molecular weight is 296 g/mol. The van der Waals surface area contributed by atoms with Crippen molar-refractivity contribution in [2.75, 3.05) is 6.61 Å². The molecule has 0 aromatic carbocycles. The van der Waals surface area contributed by atoms with Crippen molar-refractivity contribution in [1.82, 2.24) is 10.6 Å². The Labute approximate surface area is 129 Å². The van der Waals surface area contributed by atoms with Gasteiger partial charge >= 0.3 is 0 Å². The van der Waals surface area contributed by atoms with Crippen LogP contribution < -0.4 is 10.6 Å². The first-order valence-corrected chi connectivity index (χ1v) is 8.52. The number of amides is 1. The van der Waals surface area contributed by atoms with Gasteiger partial charge in [-0.3, -0.25) is 4.79 Å². The van der Waals surface area contributed by atoms with E-state index in [1.165, 1.54) is 32.1 Å². The molecule has 4 nitrogen and oxygen atoms in total. The molecule has 1 amide bonds. The van der Waals surface area contributed by atoms with Crippen molar-refractivity contribution in [3.63, 3.8) is 0 Å². The van der Waals surface area contributed by atoms with Crippen LogP contribution in [0.3, 0.4) is 0 Å². The average Bonchev–Trinajstić information content (AvgIpc) is 2.37. The maximum absolute atomic E-state index is 12.2. The minimum Gasteiger partial charge on any atom is -0.375 e. The summed E-state index contributed by atoms with van der Waals surface area (Å²) in [4.78, 5) is 12.2. The molecule has 2 N–H and O–H groups in total. The Morgan fingerprint density at radius 2 is 1.90 bits per heavy atom. The van der Waals surface area contributed by atoms with Crippen LogP contribution in [0.1, 0.15) is 72.6 Å². The van der Waals surface area contributed by atoms with E-state index in [9.17, 15) is 4.79 Å². The molecule has 0 aromatic rings. The molecule has 2 rings (SSSR count). The van der Waals surface area contributed by atoms with Crippen LogP contribution in [0.25, 0.3) is 0 Å². The molecule has 2 fully saturated rings. The van der Waals surface area contributed by atoms with Crippen molar-refractivity contribution in [1.29, 1.82) is 0 Å².